The molecule has 1 aromatic heterocycles. The highest BCUT2D eigenvalue weighted by Crippen LogP contribution is 2.30. The van der Waals surface area contributed by atoms with Gasteiger partial charge in [0.1, 0.15) is 0 Å². The highest BCUT2D eigenvalue weighted by molar-refractivity contribution is 7.19. The van der Waals surface area contributed by atoms with Crippen LogP contribution in [0, 0.1) is 0 Å². The fourth-order valence-corrected chi connectivity index (χ4v) is 3.27. The average Bonchev–Trinajstić information content (AvgIpc) is 3.25. The van der Waals surface area contributed by atoms with E-state index in [1.165, 1.54) is 24.2 Å². The predicted octanol–water partition coefficient (Wildman–Crippen LogP) is 2.80. The van der Waals surface area contributed by atoms with Crippen molar-refractivity contribution < 1.29 is 14.3 Å². The lowest BCUT2D eigenvalue weighted by molar-refractivity contribution is 0.262. The number of urea groups is 1. The average molecular weight is 349 g/mol. The van der Waals surface area contributed by atoms with E-state index in [0.29, 0.717) is 22.3 Å². The Bertz CT molecular complexity index is 715. The Balaban J connectivity index is 1.61. The first-order chi connectivity index (χ1) is 11.7. The van der Waals surface area contributed by atoms with Crippen molar-refractivity contribution in [3.8, 4) is 11.5 Å². The van der Waals surface area contributed by atoms with E-state index >= 15 is 0 Å². The zero-order chi connectivity index (χ0) is 16.9. The molecular weight excluding hydrogens is 330 g/mol. The van der Waals surface area contributed by atoms with Crippen LogP contribution in [0.25, 0.3) is 0 Å². The van der Waals surface area contributed by atoms with Crippen LogP contribution in [0.3, 0.4) is 0 Å². The minimum absolute atomic E-state index is 0.383. The topological polar surface area (TPSA) is 88.6 Å². The highest BCUT2D eigenvalue weighted by atomic mass is 32.1. The fraction of sp³-hybridized carbons (Fsp3) is 0.400. The van der Waals surface area contributed by atoms with Gasteiger partial charge >= 0.3 is 6.03 Å². The summed E-state index contributed by atoms with van der Waals surface area (Å²) in [7, 11) is 3.11. The lowest BCUT2D eigenvalue weighted by Gasteiger charge is -2.11. The number of anilines is 3. The second kappa shape index (κ2) is 7.35. The third-order valence-corrected chi connectivity index (χ3v) is 4.55. The van der Waals surface area contributed by atoms with Gasteiger partial charge in [-0.2, -0.15) is 0 Å². The number of hydrogen-bond donors (Lipinski definition) is 2. The van der Waals surface area contributed by atoms with Gasteiger partial charge in [0, 0.05) is 24.8 Å². The molecule has 128 valence electrons. The largest absolute Gasteiger partial charge is 0.493 e. The Morgan fingerprint density at radius 2 is 1.88 bits per heavy atom. The first kappa shape index (κ1) is 16.3. The van der Waals surface area contributed by atoms with Crippen LogP contribution < -0.4 is 25.0 Å². The van der Waals surface area contributed by atoms with Gasteiger partial charge in [-0.05, 0) is 25.0 Å². The third kappa shape index (κ3) is 3.67. The molecule has 0 radical (unpaired) electrons. The molecule has 0 saturated carbocycles. The second-order valence-electron chi connectivity index (χ2n) is 5.23. The van der Waals surface area contributed by atoms with E-state index in [-0.39, 0.29) is 6.03 Å². The predicted molar refractivity (Wildman–Crippen MR) is 93.5 cm³/mol. The number of carbonyl (C=O) groups excluding carboxylic acids is 1. The van der Waals surface area contributed by atoms with Crippen LogP contribution in [0.2, 0.25) is 0 Å². The van der Waals surface area contributed by atoms with Crippen molar-refractivity contribution in [3.63, 3.8) is 0 Å². The highest BCUT2D eigenvalue weighted by Gasteiger charge is 2.17. The normalized spacial score (nSPS) is 13.7. The third-order valence-electron chi connectivity index (χ3n) is 3.65. The number of carbonyl (C=O) groups is 1. The zero-order valence-electron chi connectivity index (χ0n) is 13.5. The van der Waals surface area contributed by atoms with Gasteiger partial charge in [0.05, 0.1) is 14.2 Å². The van der Waals surface area contributed by atoms with Crippen LogP contribution in [0.15, 0.2) is 18.2 Å². The molecule has 0 spiro atoms. The van der Waals surface area contributed by atoms with E-state index in [2.05, 4.69) is 25.7 Å². The lowest BCUT2D eigenvalue weighted by atomic mass is 10.3. The number of aromatic nitrogens is 2. The molecule has 0 aliphatic carbocycles. The monoisotopic (exact) mass is 349 g/mol. The van der Waals surface area contributed by atoms with Crippen LogP contribution >= 0.6 is 11.3 Å². The van der Waals surface area contributed by atoms with Crippen molar-refractivity contribution in [1.29, 1.82) is 0 Å². The molecule has 0 unspecified atom stereocenters. The Labute approximate surface area is 143 Å². The second-order valence-corrected chi connectivity index (χ2v) is 6.19. The van der Waals surface area contributed by atoms with Crippen LogP contribution in [-0.2, 0) is 0 Å². The molecule has 2 heterocycles. The standard InChI is InChI=1S/C15H19N5O3S/c1-22-11-6-5-10(9-12(11)23-2)16-13(21)17-14-18-19-15(24-14)20-7-3-4-8-20/h5-6,9H,3-4,7-8H2,1-2H3,(H2,16,17,18,21). The molecule has 2 amide bonds. The number of benzene rings is 1. The van der Waals surface area contributed by atoms with Crippen molar-refractivity contribution in [1.82, 2.24) is 10.2 Å². The molecule has 9 heteroatoms. The minimum atomic E-state index is -0.383. The van der Waals surface area contributed by atoms with Crippen molar-refractivity contribution in [2.75, 3.05) is 42.8 Å². The molecule has 0 bridgehead atoms. The Morgan fingerprint density at radius 3 is 2.58 bits per heavy atom. The van der Waals surface area contributed by atoms with Crippen LogP contribution in [0.5, 0.6) is 11.5 Å². The Morgan fingerprint density at radius 1 is 1.12 bits per heavy atom. The van der Waals surface area contributed by atoms with Gasteiger partial charge in [-0.1, -0.05) is 11.3 Å². The van der Waals surface area contributed by atoms with E-state index in [1.54, 1.807) is 32.4 Å². The van der Waals surface area contributed by atoms with E-state index in [0.717, 1.165) is 18.2 Å². The number of amides is 2. The van der Waals surface area contributed by atoms with Crippen molar-refractivity contribution >= 4 is 33.3 Å². The summed E-state index contributed by atoms with van der Waals surface area (Å²) in [6.45, 7) is 1.99. The summed E-state index contributed by atoms with van der Waals surface area (Å²) < 4.78 is 10.4. The minimum Gasteiger partial charge on any atom is -0.493 e. The molecule has 1 aliphatic rings. The summed E-state index contributed by atoms with van der Waals surface area (Å²) in [5.41, 5.74) is 0.592. The molecular formula is C15H19N5O3S. The van der Waals surface area contributed by atoms with Crippen molar-refractivity contribution in [2.24, 2.45) is 0 Å². The number of nitrogens with one attached hydrogen (secondary N) is 2. The number of nitrogens with zero attached hydrogens (tertiary/aromatic N) is 3. The number of methoxy groups -OCH3 is 2. The summed E-state index contributed by atoms with van der Waals surface area (Å²) >= 11 is 1.37. The van der Waals surface area contributed by atoms with Crippen LogP contribution in [-0.4, -0.2) is 43.5 Å². The van der Waals surface area contributed by atoms with Crippen molar-refractivity contribution in [2.45, 2.75) is 12.8 Å². The van der Waals surface area contributed by atoms with E-state index in [4.69, 9.17) is 9.47 Å². The fourth-order valence-electron chi connectivity index (χ4n) is 2.48. The smallest absolute Gasteiger partial charge is 0.325 e. The summed E-state index contributed by atoms with van der Waals surface area (Å²) in [6.07, 6.45) is 2.34. The summed E-state index contributed by atoms with van der Waals surface area (Å²) in [5.74, 6) is 1.14. The molecule has 24 heavy (non-hydrogen) atoms. The van der Waals surface area contributed by atoms with Gasteiger partial charge in [-0.15, -0.1) is 10.2 Å². The Hall–Kier alpha value is -2.55. The van der Waals surface area contributed by atoms with Gasteiger partial charge in [0.15, 0.2) is 11.5 Å². The molecule has 3 rings (SSSR count). The van der Waals surface area contributed by atoms with Gasteiger partial charge in [0.25, 0.3) is 0 Å². The van der Waals surface area contributed by atoms with E-state index < -0.39 is 0 Å². The maximum atomic E-state index is 12.1. The lowest BCUT2D eigenvalue weighted by Crippen LogP contribution is -2.19. The van der Waals surface area contributed by atoms with Gasteiger partial charge in [-0.25, -0.2) is 4.79 Å². The summed E-state index contributed by atoms with van der Waals surface area (Å²) in [4.78, 5) is 14.3. The zero-order valence-corrected chi connectivity index (χ0v) is 14.4. The van der Waals surface area contributed by atoms with E-state index in [1.807, 2.05) is 0 Å². The van der Waals surface area contributed by atoms with Gasteiger partial charge < -0.3 is 19.7 Å². The molecule has 1 aromatic carbocycles. The molecule has 1 aliphatic heterocycles. The van der Waals surface area contributed by atoms with Crippen LogP contribution in [0.4, 0.5) is 20.7 Å². The Kier molecular flexibility index (Phi) is 4.99. The van der Waals surface area contributed by atoms with Crippen LogP contribution in [0.1, 0.15) is 12.8 Å². The number of ether oxygens (including phenoxy) is 2. The number of rotatable bonds is 5. The maximum absolute atomic E-state index is 12.1. The number of hydrogen-bond acceptors (Lipinski definition) is 7. The summed E-state index contributed by atoms with van der Waals surface area (Å²) in [5, 5.41) is 14.9. The molecule has 1 saturated heterocycles. The summed E-state index contributed by atoms with van der Waals surface area (Å²) in [6, 6.07) is 4.77. The molecule has 8 nitrogen and oxygen atoms in total. The molecule has 2 N–H and O–H groups in total. The molecule has 2 aromatic rings. The molecule has 0 atom stereocenters. The van der Waals surface area contributed by atoms with Crippen molar-refractivity contribution in [3.05, 3.63) is 18.2 Å². The van der Waals surface area contributed by atoms with Gasteiger partial charge in [0.2, 0.25) is 10.3 Å². The first-order valence-electron chi connectivity index (χ1n) is 7.58. The van der Waals surface area contributed by atoms with Gasteiger partial charge in [-0.3, -0.25) is 5.32 Å². The first-order valence-corrected chi connectivity index (χ1v) is 8.39. The molecule has 1 fully saturated rings. The SMILES string of the molecule is COc1ccc(NC(=O)Nc2nnc(N3CCCC3)s2)cc1OC. The van der Waals surface area contributed by atoms with E-state index in [9.17, 15) is 4.79 Å². The maximum Gasteiger partial charge on any atom is 0.325 e. The quantitative estimate of drug-likeness (QED) is 0.863.